The Hall–Kier alpha value is -3.67. The van der Waals surface area contributed by atoms with Gasteiger partial charge in [-0.3, -0.25) is 14.5 Å². The number of carbonyl (C=O) groups is 3. The van der Waals surface area contributed by atoms with Gasteiger partial charge in [-0.2, -0.15) is 0 Å². The van der Waals surface area contributed by atoms with Crippen LogP contribution >= 0.6 is 23.1 Å². The molecule has 0 unspecified atom stereocenters. The molecule has 17 heteroatoms. The van der Waals surface area contributed by atoms with Crippen molar-refractivity contribution in [1.82, 2.24) is 19.9 Å². The van der Waals surface area contributed by atoms with Crippen LogP contribution in [-0.2, 0) is 35.7 Å². The van der Waals surface area contributed by atoms with Crippen LogP contribution in [0.3, 0.4) is 0 Å². The van der Waals surface area contributed by atoms with E-state index >= 15 is 0 Å². The standard InChI is InChI=1S/C22H24N6O8S3/c1-24-39(33,34)12-4-5-14(35-2)10(7-12)6-11-8-37-20-16(19(30)28(20)17(11)21(31)32)26-18(29)15(27-36-3)13-9-38-22(23)25-13/h4-5,7,9,16,20,24H,6,8H2,1-3H3,(H2,23,25)(H,26,29)(H,31,32)/b27-15+/t16-,20-/m1/s1. The zero-order valence-corrected chi connectivity index (χ0v) is 23.3. The highest BCUT2D eigenvalue weighted by Gasteiger charge is 2.54. The number of fused-ring (bicyclic) bond motifs is 1. The molecule has 0 bridgehead atoms. The monoisotopic (exact) mass is 596 g/mol. The van der Waals surface area contributed by atoms with Gasteiger partial charge in [-0.1, -0.05) is 5.16 Å². The molecule has 0 aliphatic carbocycles. The number of carboxylic acids is 1. The van der Waals surface area contributed by atoms with Crippen molar-refractivity contribution >= 4 is 61.7 Å². The lowest BCUT2D eigenvalue weighted by molar-refractivity contribution is -0.150. The van der Waals surface area contributed by atoms with Crippen LogP contribution in [0.4, 0.5) is 5.13 Å². The maximum absolute atomic E-state index is 13.1. The number of nitrogens with one attached hydrogen (secondary N) is 2. The fourth-order valence-electron chi connectivity index (χ4n) is 4.13. The van der Waals surface area contributed by atoms with E-state index in [1.54, 1.807) is 0 Å². The normalized spacial score (nSPS) is 19.3. The SMILES string of the molecule is CNS(=O)(=O)c1ccc(OC)c(CC2=C(C(=O)O)N3C(=O)[C@@H](NC(=O)/C(=N/OC)c4csc(N)n4)[C@H]3SC2)c1. The van der Waals surface area contributed by atoms with E-state index in [2.05, 4.69) is 20.2 Å². The van der Waals surface area contributed by atoms with Gasteiger partial charge >= 0.3 is 5.97 Å². The number of aliphatic carboxylic acids is 1. The summed E-state index contributed by atoms with van der Waals surface area (Å²) in [4.78, 5) is 48.2. The van der Waals surface area contributed by atoms with Gasteiger partial charge in [0.1, 0.15) is 35.7 Å². The van der Waals surface area contributed by atoms with Gasteiger partial charge in [0.15, 0.2) is 10.8 Å². The summed E-state index contributed by atoms with van der Waals surface area (Å²) in [6, 6.07) is 3.24. The van der Waals surface area contributed by atoms with Crippen LogP contribution < -0.4 is 20.5 Å². The molecule has 1 fully saturated rings. The number of methoxy groups -OCH3 is 1. The molecular formula is C22H24N6O8S3. The van der Waals surface area contributed by atoms with Crippen molar-refractivity contribution < 1.29 is 37.5 Å². The Balaban J connectivity index is 1.60. The number of β-lactam (4-membered cyclic amide) rings is 1. The first-order valence-electron chi connectivity index (χ1n) is 11.2. The van der Waals surface area contributed by atoms with E-state index in [0.717, 1.165) is 16.2 Å². The second kappa shape index (κ2) is 11.2. The number of ether oxygens (including phenoxy) is 1. The lowest BCUT2D eigenvalue weighted by Gasteiger charge is -2.49. The van der Waals surface area contributed by atoms with E-state index < -0.39 is 39.2 Å². The minimum absolute atomic E-state index is 0.0159. The summed E-state index contributed by atoms with van der Waals surface area (Å²) < 4.78 is 32.2. The predicted molar refractivity (Wildman–Crippen MR) is 143 cm³/mol. The lowest BCUT2D eigenvalue weighted by atomic mass is 9.98. The second-order valence-electron chi connectivity index (χ2n) is 8.17. The van der Waals surface area contributed by atoms with Crippen LogP contribution in [0.25, 0.3) is 0 Å². The number of carbonyl (C=O) groups excluding carboxylic acids is 2. The molecule has 2 amide bonds. The second-order valence-corrected chi connectivity index (χ2v) is 12.1. The molecule has 1 aromatic carbocycles. The molecule has 14 nitrogen and oxygen atoms in total. The first kappa shape index (κ1) is 28.3. The molecule has 2 atom stereocenters. The highest BCUT2D eigenvalue weighted by molar-refractivity contribution is 8.00. The van der Waals surface area contributed by atoms with Gasteiger partial charge in [-0.25, -0.2) is 22.9 Å². The van der Waals surface area contributed by atoms with E-state index in [-0.39, 0.29) is 39.3 Å². The Morgan fingerprint density at radius 1 is 1.33 bits per heavy atom. The number of oxime groups is 1. The number of carboxylic acid groups (broad SMARTS) is 1. The molecule has 0 radical (unpaired) electrons. The summed E-state index contributed by atoms with van der Waals surface area (Å²) >= 11 is 2.36. The average molecular weight is 597 g/mol. The number of rotatable bonds is 10. The van der Waals surface area contributed by atoms with Crippen LogP contribution in [0, 0.1) is 0 Å². The van der Waals surface area contributed by atoms with Gasteiger partial charge in [-0.05, 0) is 36.4 Å². The Kier molecular flexibility index (Phi) is 8.15. The van der Waals surface area contributed by atoms with Gasteiger partial charge in [0.05, 0.1) is 12.0 Å². The van der Waals surface area contributed by atoms with Crippen LogP contribution in [-0.4, -0.2) is 85.3 Å². The Labute approximate surface area is 231 Å². The van der Waals surface area contributed by atoms with Crippen LogP contribution in [0.1, 0.15) is 11.3 Å². The summed E-state index contributed by atoms with van der Waals surface area (Å²) in [7, 11) is 0.185. The molecule has 4 rings (SSSR count). The maximum atomic E-state index is 13.1. The van der Waals surface area contributed by atoms with Gasteiger partial charge in [0, 0.05) is 17.6 Å². The Morgan fingerprint density at radius 2 is 2.08 bits per heavy atom. The summed E-state index contributed by atoms with van der Waals surface area (Å²) in [6.45, 7) is 0. The number of anilines is 1. The van der Waals surface area contributed by atoms with Crippen molar-refractivity contribution in [3.63, 3.8) is 0 Å². The first-order chi connectivity index (χ1) is 18.5. The van der Waals surface area contributed by atoms with Crippen molar-refractivity contribution in [3.8, 4) is 5.75 Å². The number of nitrogens with zero attached hydrogens (tertiary/aromatic N) is 3. The molecule has 2 aliphatic heterocycles. The van der Waals surface area contributed by atoms with Crippen molar-refractivity contribution in [2.45, 2.75) is 22.7 Å². The molecule has 2 aliphatic rings. The number of benzene rings is 1. The smallest absolute Gasteiger partial charge is 0.352 e. The number of thioether (sulfide) groups is 1. The van der Waals surface area contributed by atoms with Gasteiger partial charge in [-0.15, -0.1) is 23.1 Å². The fraction of sp³-hybridized carbons (Fsp3) is 0.318. The van der Waals surface area contributed by atoms with Crippen LogP contribution in [0.15, 0.2) is 44.9 Å². The first-order valence-corrected chi connectivity index (χ1v) is 14.6. The number of nitrogen functional groups attached to an aromatic ring is 1. The third-order valence-electron chi connectivity index (χ3n) is 5.93. The maximum Gasteiger partial charge on any atom is 0.352 e. The van der Waals surface area contributed by atoms with Crippen molar-refractivity contribution in [1.29, 1.82) is 0 Å². The molecule has 5 N–H and O–H groups in total. The molecule has 0 saturated carbocycles. The third kappa shape index (κ3) is 5.42. The Bertz CT molecular complexity index is 1500. The summed E-state index contributed by atoms with van der Waals surface area (Å²) in [5, 5.41) is 17.3. The van der Waals surface area contributed by atoms with Crippen molar-refractivity contribution in [2.24, 2.45) is 5.16 Å². The fourth-order valence-corrected chi connectivity index (χ4v) is 6.80. The number of nitrogens with two attached hydrogens (primary N) is 1. The van der Waals surface area contributed by atoms with E-state index in [9.17, 15) is 27.9 Å². The minimum Gasteiger partial charge on any atom is -0.496 e. The van der Waals surface area contributed by atoms with Crippen molar-refractivity contribution in [2.75, 3.05) is 32.8 Å². The van der Waals surface area contributed by atoms with E-state index in [4.69, 9.17) is 15.3 Å². The summed E-state index contributed by atoms with van der Waals surface area (Å²) in [5.74, 6) is -2.12. The van der Waals surface area contributed by atoms with E-state index in [1.807, 2.05) is 0 Å². The number of thiazole rings is 1. The number of aromatic nitrogens is 1. The predicted octanol–water partition coefficient (Wildman–Crippen LogP) is -0.0262. The number of hydrogen-bond donors (Lipinski definition) is 4. The molecule has 208 valence electrons. The summed E-state index contributed by atoms with van der Waals surface area (Å²) in [5.41, 5.74) is 6.22. The molecule has 1 aromatic heterocycles. The number of amides is 2. The molecule has 3 heterocycles. The van der Waals surface area contributed by atoms with E-state index in [1.165, 1.54) is 56.6 Å². The third-order valence-corrected chi connectivity index (χ3v) is 9.36. The minimum atomic E-state index is -3.76. The zero-order valence-electron chi connectivity index (χ0n) is 20.8. The molecular weight excluding hydrogens is 572 g/mol. The van der Waals surface area contributed by atoms with Crippen LogP contribution in [0.2, 0.25) is 0 Å². The van der Waals surface area contributed by atoms with Crippen molar-refractivity contribution in [3.05, 3.63) is 46.1 Å². The highest BCUT2D eigenvalue weighted by Crippen LogP contribution is 2.42. The lowest BCUT2D eigenvalue weighted by Crippen LogP contribution is -2.71. The molecule has 2 aromatic rings. The molecule has 0 spiro atoms. The summed E-state index contributed by atoms with van der Waals surface area (Å²) in [6.07, 6.45) is 0.0221. The number of sulfonamides is 1. The Morgan fingerprint density at radius 3 is 2.67 bits per heavy atom. The average Bonchev–Trinajstić information content (AvgIpc) is 3.35. The van der Waals surface area contributed by atoms with Gasteiger partial charge < -0.3 is 25.7 Å². The topological polar surface area (TPSA) is 203 Å². The largest absolute Gasteiger partial charge is 0.496 e. The highest BCUT2D eigenvalue weighted by atomic mass is 32.2. The van der Waals surface area contributed by atoms with Gasteiger partial charge in [0.25, 0.3) is 11.8 Å². The molecule has 1 saturated heterocycles. The molecule has 39 heavy (non-hydrogen) atoms. The number of hydrogen-bond acceptors (Lipinski definition) is 12. The van der Waals surface area contributed by atoms with E-state index in [0.29, 0.717) is 16.9 Å². The quantitative estimate of drug-likeness (QED) is 0.163. The zero-order chi connectivity index (χ0) is 28.5. The van der Waals surface area contributed by atoms with Gasteiger partial charge in [0.2, 0.25) is 10.0 Å². The van der Waals surface area contributed by atoms with Crippen LogP contribution in [0.5, 0.6) is 5.75 Å².